The maximum atomic E-state index is 6.07. The number of fused-ring (bicyclic) bond motifs is 4. The average Bonchev–Trinajstić information content (AvgIpc) is 2.90. The highest BCUT2D eigenvalue weighted by Crippen LogP contribution is 2.43. The monoisotopic (exact) mass is 274 g/mol. The van der Waals surface area contributed by atoms with Crippen molar-refractivity contribution in [2.45, 2.75) is 33.6 Å². The molecule has 0 saturated carbocycles. The third kappa shape index (κ3) is 1.72. The Morgan fingerprint density at radius 1 is 1.14 bits per heavy atom. The van der Waals surface area contributed by atoms with Gasteiger partial charge in [0.1, 0.15) is 11.2 Å². The Morgan fingerprint density at radius 3 is 2.71 bits per heavy atom. The zero-order valence-electron chi connectivity index (χ0n) is 12.7. The second-order valence-corrected chi connectivity index (χ2v) is 7.03. The van der Waals surface area contributed by atoms with Crippen LogP contribution in [0.3, 0.4) is 0 Å². The highest BCUT2D eigenvalue weighted by molar-refractivity contribution is 6.09. The minimum atomic E-state index is 0.291. The molecule has 3 aromatic rings. The summed E-state index contributed by atoms with van der Waals surface area (Å²) >= 11 is 0. The third-order valence-corrected chi connectivity index (χ3v) is 4.59. The van der Waals surface area contributed by atoms with Crippen LogP contribution in [-0.2, 0) is 12.8 Å². The molecule has 1 aromatic heterocycles. The molecule has 0 unspecified atom stereocenters. The Balaban J connectivity index is 2.14. The number of hydrogen-bond acceptors (Lipinski definition) is 1. The largest absolute Gasteiger partial charge is 0.456 e. The summed E-state index contributed by atoms with van der Waals surface area (Å²) < 4.78 is 6.07. The van der Waals surface area contributed by atoms with E-state index in [-0.39, 0.29) is 0 Å². The molecule has 1 heterocycles. The quantitative estimate of drug-likeness (QED) is 0.526. The molecule has 1 nitrogen and oxygen atoms in total. The van der Waals surface area contributed by atoms with E-state index in [4.69, 9.17) is 10.8 Å². The molecule has 0 aliphatic heterocycles. The number of rotatable bonds is 0. The van der Waals surface area contributed by atoms with Crippen LogP contribution in [-0.4, -0.2) is 0 Å². The van der Waals surface area contributed by atoms with Gasteiger partial charge in [0.2, 0.25) is 0 Å². The predicted octanol–water partition coefficient (Wildman–Crippen LogP) is 5.00. The lowest BCUT2D eigenvalue weighted by Crippen LogP contribution is -2.09. The van der Waals surface area contributed by atoms with Gasteiger partial charge in [-0.25, -0.2) is 0 Å². The lowest BCUT2D eigenvalue weighted by Gasteiger charge is -2.15. The SMILES string of the molecule is C#Cc1c2c(cc3oc4cc(C)ccc4c13)CC(C)(C)C2. The van der Waals surface area contributed by atoms with Crippen LogP contribution < -0.4 is 0 Å². The molecule has 1 heteroatoms. The van der Waals surface area contributed by atoms with Crippen LogP contribution in [0.4, 0.5) is 0 Å². The van der Waals surface area contributed by atoms with E-state index in [1.54, 1.807) is 0 Å². The minimum absolute atomic E-state index is 0.291. The second-order valence-electron chi connectivity index (χ2n) is 7.03. The molecular formula is C20H18O. The molecule has 0 fully saturated rings. The first-order valence-corrected chi connectivity index (χ1v) is 7.43. The Morgan fingerprint density at radius 2 is 1.95 bits per heavy atom. The van der Waals surface area contributed by atoms with Crippen molar-refractivity contribution in [3.8, 4) is 12.3 Å². The van der Waals surface area contributed by atoms with E-state index in [0.717, 1.165) is 40.3 Å². The van der Waals surface area contributed by atoms with Gasteiger partial charge in [-0.15, -0.1) is 6.42 Å². The van der Waals surface area contributed by atoms with Gasteiger partial charge in [0, 0.05) is 16.3 Å². The Kier molecular flexibility index (Phi) is 2.34. The smallest absolute Gasteiger partial charge is 0.136 e. The van der Waals surface area contributed by atoms with Crippen LogP contribution in [0, 0.1) is 24.7 Å². The van der Waals surface area contributed by atoms with E-state index in [9.17, 15) is 0 Å². The minimum Gasteiger partial charge on any atom is -0.456 e. The van der Waals surface area contributed by atoms with Crippen molar-refractivity contribution in [3.63, 3.8) is 0 Å². The first-order chi connectivity index (χ1) is 9.98. The fourth-order valence-corrected chi connectivity index (χ4v) is 3.71. The van der Waals surface area contributed by atoms with Gasteiger partial charge >= 0.3 is 0 Å². The van der Waals surface area contributed by atoms with Gasteiger partial charge in [-0.1, -0.05) is 31.9 Å². The number of aryl methyl sites for hydroxylation is 1. The second kappa shape index (κ2) is 3.92. The summed E-state index contributed by atoms with van der Waals surface area (Å²) in [6.45, 7) is 6.68. The summed E-state index contributed by atoms with van der Waals surface area (Å²) in [6, 6.07) is 8.54. The van der Waals surface area contributed by atoms with E-state index in [0.29, 0.717) is 5.41 Å². The first-order valence-electron chi connectivity index (χ1n) is 7.43. The van der Waals surface area contributed by atoms with Crippen LogP contribution in [0.2, 0.25) is 0 Å². The standard InChI is InChI=1S/C20H18O/c1-5-14-16-11-20(3,4)10-13(16)9-18-19(14)15-7-6-12(2)8-17(15)21-18/h1,6-9H,10-11H2,2-4H3. The van der Waals surface area contributed by atoms with Gasteiger partial charge in [0.25, 0.3) is 0 Å². The van der Waals surface area contributed by atoms with Gasteiger partial charge in [0.05, 0.1) is 0 Å². The topological polar surface area (TPSA) is 13.1 Å². The van der Waals surface area contributed by atoms with Gasteiger partial charge in [-0.05, 0) is 54.0 Å². The summed E-state index contributed by atoms with van der Waals surface area (Å²) in [5.74, 6) is 2.94. The van der Waals surface area contributed by atoms with Gasteiger partial charge in [0.15, 0.2) is 0 Å². The van der Waals surface area contributed by atoms with Crippen molar-refractivity contribution in [2.24, 2.45) is 5.41 Å². The van der Waals surface area contributed by atoms with Crippen molar-refractivity contribution in [3.05, 3.63) is 46.5 Å². The zero-order chi connectivity index (χ0) is 14.8. The van der Waals surface area contributed by atoms with Crippen molar-refractivity contribution < 1.29 is 4.42 Å². The summed E-state index contributed by atoms with van der Waals surface area (Å²) in [5, 5.41) is 2.25. The normalized spacial score (nSPS) is 16.3. The van der Waals surface area contributed by atoms with Crippen LogP contribution in [0.25, 0.3) is 21.9 Å². The van der Waals surface area contributed by atoms with Crippen molar-refractivity contribution in [2.75, 3.05) is 0 Å². The van der Waals surface area contributed by atoms with E-state index in [2.05, 4.69) is 51.0 Å². The fourth-order valence-electron chi connectivity index (χ4n) is 3.71. The molecule has 0 spiro atoms. The number of hydrogen-bond donors (Lipinski definition) is 0. The summed E-state index contributed by atoms with van der Waals surface area (Å²) in [6.07, 6.45) is 7.99. The van der Waals surface area contributed by atoms with Crippen molar-refractivity contribution >= 4 is 21.9 Å². The lowest BCUT2D eigenvalue weighted by atomic mass is 9.90. The summed E-state index contributed by atoms with van der Waals surface area (Å²) in [7, 11) is 0. The fraction of sp³-hybridized carbons (Fsp3) is 0.300. The Bertz CT molecular complexity index is 932. The molecule has 2 aromatic carbocycles. The molecule has 0 bridgehead atoms. The number of terminal acetylenes is 1. The molecule has 1 aliphatic rings. The Hall–Kier alpha value is -2.20. The van der Waals surface area contributed by atoms with Crippen LogP contribution in [0.15, 0.2) is 28.7 Å². The molecule has 104 valence electrons. The number of benzene rings is 2. The molecule has 0 radical (unpaired) electrons. The van der Waals surface area contributed by atoms with E-state index in [1.165, 1.54) is 16.7 Å². The third-order valence-electron chi connectivity index (χ3n) is 4.59. The van der Waals surface area contributed by atoms with Crippen LogP contribution >= 0.6 is 0 Å². The average molecular weight is 274 g/mol. The summed E-state index contributed by atoms with van der Waals surface area (Å²) in [4.78, 5) is 0. The predicted molar refractivity (Wildman–Crippen MR) is 87.6 cm³/mol. The molecule has 0 amide bonds. The van der Waals surface area contributed by atoms with Crippen LogP contribution in [0.1, 0.15) is 36.1 Å². The van der Waals surface area contributed by atoms with E-state index >= 15 is 0 Å². The molecule has 1 aliphatic carbocycles. The molecule has 0 saturated heterocycles. The molecular weight excluding hydrogens is 256 g/mol. The van der Waals surface area contributed by atoms with E-state index < -0.39 is 0 Å². The van der Waals surface area contributed by atoms with Gasteiger partial charge in [-0.3, -0.25) is 0 Å². The van der Waals surface area contributed by atoms with Crippen molar-refractivity contribution in [1.82, 2.24) is 0 Å². The highest BCUT2D eigenvalue weighted by atomic mass is 16.3. The first kappa shape index (κ1) is 12.5. The zero-order valence-corrected chi connectivity index (χ0v) is 12.7. The lowest BCUT2D eigenvalue weighted by molar-refractivity contribution is 0.392. The highest BCUT2D eigenvalue weighted by Gasteiger charge is 2.31. The van der Waals surface area contributed by atoms with E-state index in [1.807, 2.05) is 0 Å². The maximum absolute atomic E-state index is 6.07. The number of furan rings is 1. The van der Waals surface area contributed by atoms with Crippen LogP contribution in [0.5, 0.6) is 0 Å². The van der Waals surface area contributed by atoms with Gasteiger partial charge in [-0.2, -0.15) is 0 Å². The summed E-state index contributed by atoms with van der Waals surface area (Å²) in [5.41, 5.74) is 7.10. The molecule has 4 rings (SSSR count). The Labute approximate surface area is 125 Å². The molecule has 0 atom stereocenters. The molecule has 0 N–H and O–H groups in total. The van der Waals surface area contributed by atoms with Gasteiger partial charge < -0.3 is 4.42 Å². The van der Waals surface area contributed by atoms with Crippen molar-refractivity contribution in [1.29, 1.82) is 0 Å². The molecule has 21 heavy (non-hydrogen) atoms. The maximum Gasteiger partial charge on any atom is 0.136 e.